The highest BCUT2D eigenvalue weighted by Crippen LogP contribution is 2.24. The summed E-state index contributed by atoms with van der Waals surface area (Å²) in [6, 6.07) is 14.1. The summed E-state index contributed by atoms with van der Waals surface area (Å²) in [7, 11) is -3.84. The molecular formula is C20H25ClN2O3S. The second kappa shape index (κ2) is 8.42. The summed E-state index contributed by atoms with van der Waals surface area (Å²) >= 11 is 6.07. The lowest BCUT2D eigenvalue weighted by Crippen LogP contribution is -2.40. The summed E-state index contributed by atoms with van der Waals surface area (Å²) in [5.41, 5.74) is 0.700. The standard InChI is InChI=1S/C20H25ClN2O3S/c1-14(15-8-6-5-7-9-15)13-22-19(24)16-10-11-17(21)18(12-16)27(25,26)23-20(2,3)4/h5-12,14,23H,13H2,1-4H3,(H,22,24). The van der Waals surface area contributed by atoms with Crippen LogP contribution in [0.1, 0.15) is 49.5 Å². The van der Waals surface area contributed by atoms with Crippen molar-refractivity contribution >= 4 is 27.5 Å². The Kier molecular flexibility index (Phi) is 6.68. The van der Waals surface area contributed by atoms with Crippen LogP contribution in [0.3, 0.4) is 0 Å². The van der Waals surface area contributed by atoms with Gasteiger partial charge in [-0.2, -0.15) is 0 Å². The topological polar surface area (TPSA) is 75.3 Å². The van der Waals surface area contributed by atoms with E-state index in [1.807, 2.05) is 37.3 Å². The number of amides is 1. The van der Waals surface area contributed by atoms with Crippen LogP contribution in [0.15, 0.2) is 53.4 Å². The number of benzene rings is 2. The van der Waals surface area contributed by atoms with Crippen molar-refractivity contribution in [3.63, 3.8) is 0 Å². The van der Waals surface area contributed by atoms with Gasteiger partial charge in [0.15, 0.2) is 0 Å². The molecule has 0 heterocycles. The minimum absolute atomic E-state index is 0.0703. The van der Waals surface area contributed by atoms with E-state index in [4.69, 9.17) is 11.6 Å². The molecule has 2 N–H and O–H groups in total. The number of sulfonamides is 1. The van der Waals surface area contributed by atoms with Gasteiger partial charge in [-0.3, -0.25) is 4.79 Å². The Morgan fingerprint density at radius 2 is 1.74 bits per heavy atom. The molecule has 0 aliphatic carbocycles. The van der Waals surface area contributed by atoms with Gasteiger partial charge in [0.25, 0.3) is 5.91 Å². The van der Waals surface area contributed by atoms with Crippen molar-refractivity contribution in [3.05, 3.63) is 64.7 Å². The molecule has 0 spiro atoms. The van der Waals surface area contributed by atoms with Crippen molar-refractivity contribution in [3.8, 4) is 0 Å². The highest BCUT2D eigenvalue weighted by Gasteiger charge is 2.25. The molecule has 1 atom stereocenters. The Labute approximate surface area is 166 Å². The fourth-order valence-corrected chi connectivity index (χ4v) is 4.50. The van der Waals surface area contributed by atoms with Gasteiger partial charge >= 0.3 is 0 Å². The highest BCUT2D eigenvalue weighted by molar-refractivity contribution is 7.89. The van der Waals surface area contributed by atoms with E-state index in [0.29, 0.717) is 6.54 Å². The summed E-state index contributed by atoms with van der Waals surface area (Å²) in [6.07, 6.45) is 0. The van der Waals surface area contributed by atoms with Gasteiger partial charge in [-0.1, -0.05) is 48.9 Å². The van der Waals surface area contributed by atoms with Crippen molar-refractivity contribution in [2.45, 2.75) is 44.0 Å². The van der Waals surface area contributed by atoms with E-state index >= 15 is 0 Å². The van der Waals surface area contributed by atoms with Crippen molar-refractivity contribution in [2.24, 2.45) is 0 Å². The molecule has 27 heavy (non-hydrogen) atoms. The van der Waals surface area contributed by atoms with Crippen LogP contribution in [0.5, 0.6) is 0 Å². The number of hydrogen-bond acceptors (Lipinski definition) is 3. The van der Waals surface area contributed by atoms with Gasteiger partial charge in [0.1, 0.15) is 4.90 Å². The third-order valence-corrected chi connectivity index (χ3v) is 6.10. The molecule has 2 aromatic rings. The normalized spacial score (nSPS) is 13.2. The largest absolute Gasteiger partial charge is 0.351 e. The lowest BCUT2D eigenvalue weighted by Gasteiger charge is -2.21. The molecule has 1 amide bonds. The van der Waals surface area contributed by atoms with E-state index in [1.54, 1.807) is 20.8 Å². The van der Waals surface area contributed by atoms with Crippen LogP contribution in [0.2, 0.25) is 5.02 Å². The number of carbonyl (C=O) groups excluding carboxylic acids is 1. The molecule has 0 saturated heterocycles. The van der Waals surface area contributed by atoms with Gasteiger partial charge in [-0.05, 0) is 50.5 Å². The summed E-state index contributed by atoms with van der Waals surface area (Å²) in [4.78, 5) is 12.4. The minimum Gasteiger partial charge on any atom is -0.351 e. The first-order valence-electron chi connectivity index (χ1n) is 8.66. The fraction of sp³-hybridized carbons (Fsp3) is 0.350. The molecule has 2 rings (SSSR count). The number of rotatable bonds is 6. The molecule has 146 valence electrons. The molecule has 7 heteroatoms. The van der Waals surface area contributed by atoms with Crippen LogP contribution in [-0.4, -0.2) is 26.4 Å². The fourth-order valence-electron chi connectivity index (χ4n) is 2.56. The molecule has 0 aromatic heterocycles. The number of hydrogen-bond donors (Lipinski definition) is 2. The quantitative estimate of drug-likeness (QED) is 0.759. The second-order valence-corrected chi connectivity index (χ2v) is 9.58. The molecule has 0 aliphatic heterocycles. The Morgan fingerprint density at radius 3 is 2.33 bits per heavy atom. The Morgan fingerprint density at radius 1 is 1.11 bits per heavy atom. The molecule has 0 radical (unpaired) electrons. The van der Waals surface area contributed by atoms with Crippen LogP contribution in [0.4, 0.5) is 0 Å². The average Bonchev–Trinajstić information content (AvgIpc) is 2.58. The average molecular weight is 409 g/mol. The zero-order chi connectivity index (χ0) is 20.2. The summed E-state index contributed by atoms with van der Waals surface area (Å²) in [6.45, 7) is 7.66. The first kappa shape index (κ1) is 21.4. The zero-order valence-corrected chi connectivity index (χ0v) is 17.5. The molecule has 1 unspecified atom stereocenters. The van der Waals surface area contributed by atoms with E-state index in [2.05, 4.69) is 10.0 Å². The summed E-state index contributed by atoms with van der Waals surface area (Å²) in [5, 5.41) is 2.92. The molecule has 0 bridgehead atoms. The van der Waals surface area contributed by atoms with Crippen LogP contribution < -0.4 is 10.0 Å². The summed E-state index contributed by atoms with van der Waals surface area (Å²) in [5.74, 6) is -0.213. The van der Waals surface area contributed by atoms with Crippen molar-refractivity contribution < 1.29 is 13.2 Å². The van der Waals surface area contributed by atoms with Crippen LogP contribution >= 0.6 is 11.6 Å². The molecule has 0 fully saturated rings. The van der Waals surface area contributed by atoms with E-state index in [-0.39, 0.29) is 27.3 Å². The maximum absolute atomic E-state index is 12.6. The van der Waals surface area contributed by atoms with Crippen LogP contribution in [0, 0.1) is 0 Å². The van der Waals surface area contributed by atoms with Gasteiger partial charge in [0, 0.05) is 17.6 Å². The highest BCUT2D eigenvalue weighted by atomic mass is 35.5. The first-order chi connectivity index (χ1) is 12.5. The third-order valence-electron chi connectivity index (χ3n) is 3.86. The van der Waals surface area contributed by atoms with Gasteiger partial charge in [0.05, 0.1) is 5.02 Å². The molecule has 5 nitrogen and oxygen atoms in total. The van der Waals surface area contributed by atoms with Gasteiger partial charge in [-0.25, -0.2) is 13.1 Å². The Hall–Kier alpha value is -1.89. The SMILES string of the molecule is CC(CNC(=O)c1ccc(Cl)c(S(=O)(=O)NC(C)(C)C)c1)c1ccccc1. The van der Waals surface area contributed by atoms with E-state index in [1.165, 1.54) is 18.2 Å². The smallest absolute Gasteiger partial charge is 0.251 e. The maximum Gasteiger partial charge on any atom is 0.251 e. The predicted octanol–water partition coefficient (Wildman–Crippen LogP) is 3.95. The molecular weight excluding hydrogens is 384 g/mol. The first-order valence-corrected chi connectivity index (χ1v) is 10.5. The Bertz CT molecular complexity index is 907. The van der Waals surface area contributed by atoms with E-state index in [0.717, 1.165) is 5.56 Å². The lowest BCUT2D eigenvalue weighted by molar-refractivity contribution is 0.0951. The zero-order valence-electron chi connectivity index (χ0n) is 15.9. The number of nitrogens with one attached hydrogen (secondary N) is 2. The minimum atomic E-state index is -3.84. The van der Waals surface area contributed by atoms with Gasteiger partial charge in [0.2, 0.25) is 10.0 Å². The molecule has 0 saturated carbocycles. The molecule has 0 aliphatic rings. The Balaban J connectivity index is 2.16. The van der Waals surface area contributed by atoms with Gasteiger partial charge in [-0.15, -0.1) is 0 Å². The second-order valence-electron chi connectivity index (χ2n) is 7.52. The monoisotopic (exact) mass is 408 g/mol. The third kappa shape index (κ3) is 6.06. The maximum atomic E-state index is 12.6. The van der Waals surface area contributed by atoms with Crippen LogP contribution in [0.25, 0.3) is 0 Å². The van der Waals surface area contributed by atoms with Crippen LogP contribution in [-0.2, 0) is 10.0 Å². The van der Waals surface area contributed by atoms with Crippen molar-refractivity contribution in [1.29, 1.82) is 0 Å². The molecule has 2 aromatic carbocycles. The van der Waals surface area contributed by atoms with E-state index < -0.39 is 15.6 Å². The summed E-state index contributed by atoms with van der Waals surface area (Å²) < 4.78 is 27.7. The number of carbonyl (C=O) groups is 1. The van der Waals surface area contributed by atoms with E-state index in [9.17, 15) is 13.2 Å². The number of halogens is 1. The van der Waals surface area contributed by atoms with Gasteiger partial charge < -0.3 is 5.32 Å². The predicted molar refractivity (Wildman–Crippen MR) is 109 cm³/mol. The van der Waals surface area contributed by atoms with Crippen molar-refractivity contribution in [1.82, 2.24) is 10.0 Å². The van der Waals surface area contributed by atoms with Crippen molar-refractivity contribution in [2.75, 3.05) is 6.54 Å². The lowest BCUT2D eigenvalue weighted by atomic mass is 10.0.